The third-order valence-electron chi connectivity index (χ3n) is 6.52. The minimum atomic E-state index is -0.664. The molecule has 9 nitrogen and oxygen atoms in total. The molecule has 3 aromatic rings. The molecule has 2 N–H and O–H groups in total. The van der Waals surface area contributed by atoms with Crippen LogP contribution in [0.15, 0.2) is 51.7 Å². The number of aryl methyl sites for hydroxylation is 1. The quantitative estimate of drug-likeness (QED) is 0.588. The van der Waals surface area contributed by atoms with E-state index in [2.05, 4.69) is 16.7 Å². The highest BCUT2D eigenvalue weighted by Crippen LogP contribution is 2.29. The highest BCUT2D eigenvalue weighted by molar-refractivity contribution is 5.82. The van der Waals surface area contributed by atoms with Crippen molar-refractivity contribution < 1.29 is 18.7 Å². The number of benzene rings is 2. The number of amides is 1. The first-order valence-electron chi connectivity index (χ1n) is 11.3. The van der Waals surface area contributed by atoms with Crippen molar-refractivity contribution in [2.45, 2.75) is 18.6 Å². The first-order chi connectivity index (χ1) is 16.5. The topological polar surface area (TPSA) is 119 Å². The van der Waals surface area contributed by atoms with Gasteiger partial charge in [-0.1, -0.05) is 30.3 Å². The van der Waals surface area contributed by atoms with E-state index in [1.807, 2.05) is 36.4 Å². The number of hydrogen-bond donors (Lipinski definition) is 2. The molecule has 3 heterocycles. The molecular formula is C25H26N4O5. The molecule has 2 aromatic carbocycles. The molecule has 1 amide bonds. The Hall–Kier alpha value is -3.45. The molecule has 1 unspecified atom stereocenters. The van der Waals surface area contributed by atoms with E-state index < -0.39 is 17.9 Å². The maximum atomic E-state index is 12.7. The third kappa shape index (κ3) is 4.35. The molecule has 5 rings (SSSR count). The highest BCUT2D eigenvalue weighted by atomic mass is 16.5. The summed E-state index contributed by atoms with van der Waals surface area (Å²) in [5, 5.41) is 15.7. The number of nitrogens with one attached hydrogen (secondary N) is 2. The Labute approximate surface area is 196 Å². The second-order valence-corrected chi connectivity index (χ2v) is 9.12. The molecule has 9 heteroatoms. The standard InChI is InChI=1S/C25H26N4O5/c1-29-20-9-18(6-7-21(20)34-24(29)31)17-4-2-16(3-5-17)8-19(10-26)28-23(30)22-11-27-12-25(15-33-22)13-32-14-25/h2-7,9,19,22,27H,8,11-15H2,1H3,(H,28,30)/t19-,22?/m0/s1. The summed E-state index contributed by atoms with van der Waals surface area (Å²) in [5.41, 5.74) is 4.09. The van der Waals surface area contributed by atoms with Gasteiger partial charge in [0, 0.05) is 26.6 Å². The summed E-state index contributed by atoms with van der Waals surface area (Å²) in [7, 11) is 1.67. The van der Waals surface area contributed by atoms with E-state index in [0.717, 1.165) is 28.8 Å². The zero-order chi connectivity index (χ0) is 23.7. The number of rotatable bonds is 5. The average Bonchev–Trinajstić information content (AvgIpc) is 2.99. The van der Waals surface area contributed by atoms with E-state index >= 15 is 0 Å². The van der Waals surface area contributed by atoms with Crippen LogP contribution in [-0.2, 0) is 27.7 Å². The molecule has 2 atom stereocenters. The van der Waals surface area contributed by atoms with Crippen LogP contribution in [0.5, 0.6) is 0 Å². The van der Waals surface area contributed by atoms with Gasteiger partial charge in [-0.15, -0.1) is 0 Å². The second kappa shape index (κ2) is 9.06. The molecule has 2 aliphatic heterocycles. The van der Waals surface area contributed by atoms with Crippen molar-refractivity contribution in [3.05, 3.63) is 58.6 Å². The summed E-state index contributed by atoms with van der Waals surface area (Å²) in [6.07, 6.45) is -0.248. The van der Waals surface area contributed by atoms with Crippen LogP contribution in [-0.4, -0.2) is 55.5 Å². The van der Waals surface area contributed by atoms with Gasteiger partial charge in [0.25, 0.3) is 5.91 Å². The fourth-order valence-corrected chi connectivity index (χ4v) is 4.37. The van der Waals surface area contributed by atoms with Gasteiger partial charge in [0.2, 0.25) is 0 Å². The van der Waals surface area contributed by atoms with Crippen molar-refractivity contribution in [2.75, 3.05) is 32.9 Å². The van der Waals surface area contributed by atoms with Crippen LogP contribution in [0.4, 0.5) is 0 Å². The lowest BCUT2D eigenvalue weighted by Crippen LogP contribution is -2.51. The third-order valence-corrected chi connectivity index (χ3v) is 6.52. The van der Waals surface area contributed by atoms with Crippen molar-refractivity contribution in [3.63, 3.8) is 0 Å². The van der Waals surface area contributed by atoms with Crippen LogP contribution in [0.25, 0.3) is 22.2 Å². The van der Waals surface area contributed by atoms with Crippen molar-refractivity contribution in [2.24, 2.45) is 12.5 Å². The van der Waals surface area contributed by atoms with E-state index in [0.29, 0.717) is 38.4 Å². The number of nitriles is 1. The van der Waals surface area contributed by atoms with Gasteiger partial charge in [0.1, 0.15) is 12.1 Å². The Morgan fingerprint density at radius 1 is 1.24 bits per heavy atom. The van der Waals surface area contributed by atoms with Crippen molar-refractivity contribution in [1.29, 1.82) is 5.26 Å². The normalized spacial score (nSPS) is 20.3. The van der Waals surface area contributed by atoms with E-state index in [1.54, 1.807) is 13.1 Å². The SMILES string of the molecule is Cn1c(=O)oc2ccc(-c3ccc(C[C@@H](C#N)NC(=O)C4CNCC5(COC5)CO4)cc3)cc21. The predicted molar refractivity (Wildman–Crippen MR) is 124 cm³/mol. The van der Waals surface area contributed by atoms with Gasteiger partial charge in [0.05, 0.1) is 36.8 Å². The lowest BCUT2D eigenvalue weighted by molar-refractivity contribution is -0.154. The Bertz CT molecular complexity index is 1300. The van der Waals surface area contributed by atoms with Crippen molar-refractivity contribution in [1.82, 2.24) is 15.2 Å². The number of nitrogens with zero attached hydrogens (tertiary/aromatic N) is 2. The molecule has 2 aliphatic rings. The van der Waals surface area contributed by atoms with Crippen molar-refractivity contribution in [3.8, 4) is 17.2 Å². The molecule has 0 bridgehead atoms. The van der Waals surface area contributed by atoms with Gasteiger partial charge in [0.15, 0.2) is 5.58 Å². The van der Waals surface area contributed by atoms with E-state index in [4.69, 9.17) is 13.9 Å². The summed E-state index contributed by atoms with van der Waals surface area (Å²) < 4.78 is 17.8. The van der Waals surface area contributed by atoms with E-state index in [9.17, 15) is 14.9 Å². The molecular weight excluding hydrogens is 436 g/mol. The Morgan fingerprint density at radius 2 is 2.00 bits per heavy atom. The molecule has 2 fully saturated rings. The second-order valence-electron chi connectivity index (χ2n) is 9.12. The number of hydrogen-bond acceptors (Lipinski definition) is 7. The highest BCUT2D eigenvalue weighted by Gasteiger charge is 2.42. The summed E-state index contributed by atoms with van der Waals surface area (Å²) in [5.74, 6) is -0.680. The fourth-order valence-electron chi connectivity index (χ4n) is 4.37. The maximum Gasteiger partial charge on any atom is 0.419 e. The van der Waals surface area contributed by atoms with Crippen LogP contribution >= 0.6 is 0 Å². The van der Waals surface area contributed by atoms with E-state index in [-0.39, 0.29) is 11.3 Å². The van der Waals surface area contributed by atoms with E-state index in [1.165, 1.54) is 4.57 Å². The summed E-state index contributed by atoms with van der Waals surface area (Å²) >= 11 is 0. The van der Waals surface area contributed by atoms with Crippen molar-refractivity contribution >= 4 is 17.0 Å². The zero-order valence-corrected chi connectivity index (χ0v) is 18.9. The van der Waals surface area contributed by atoms with Crippen LogP contribution in [0.3, 0.4) is 0 Å². The first-order valence-corrected chi connectivity index (χ1v) is 11.3. The van der Waals surface area contributed by atoms with Gasteiger partial charge in [-0.25, -0.2) is 4.79 Å². The molecule has 176 valence electrons. The number of carbonyl (C=O) groups excluding carboxylic acids is 1. The number of carbonyl (C=O) groups is 1. The number of oxazole rings is 1. The molecule has 34 heavy (non-hydrogen) atoms. The van der Waals surface area contributed by atoms with Gasteiger partial charge >= 0.3 is 5.76 Å². The molecule has 1 aromatic heterocycles. The summed E-state index contributed by atoms with van der Waals surface area (Å²) in [6, 6.07) is 14.9. The van der Waals surface area contributed by atoms with Gasteiger partial charge in [-0.3, -0.25) is 9.36 Å². The minimum Gasteiger partial charge on any atom is -0.408 e. The zero-order valence-electron chi connectivity index (χ0n) is 18.9. The summed E-state index contributed by atoms with van der Waals surface area (Å²) in [4.78, 5) is 24.4. The predicted octanol–water partition coefficient (Wildman–Crippen LogP) is 1.35. The monoisotopic (exact) mass is 462 g/mol. The molecule has 0 radical (unpaired) electrons. The van der Waals surface area contributed by atoms with Crippen LogP contribution < -0.4 is 16.4 Å². The molecule has 1 spiro atoms. The molecule has 0 saturated carbocycles. The molecule has 2 saturated heterocycles. The smallest absolute Gasteiger partial charge is 0.408 e. The van der Waals surface area contributed by atoms with Crippen LogP contribution in [0.1, 0.15) is 5.56 Å². The molecule has 0 aliphatic carbocycles. The Morgan fingerprint density at radius 3 is 2.71 bits per heavy atom. The van der Waals surface area contributed by atoms with Gasteiger partial charge in [-0.2, -0.15) is 5.26 Å². The lowest BCUT2D eigenvalue weighted by atomic mass is 9.87. The Kier molecular flexibility index (Phi) is 5.96. The van der Waals surface area contributed by atoms with Crippen LogP contribution in [0.2, 0.25) is 0 Å². The first kappa shape index (κ1) is 22.3. The number of ether oxygens (including phenoxy) is 2. The fraction of sp³-hybridized carbons (Fsp3) is 0.400. The lowest BCUT2D eigenvalue weighted by Gasteiger charge is -2.39. The number of fused-ring (bicyclic) bond motifs is 1. The number of aromatic nitrogens is 1. The van der Waals surface area contributed by atoms with Gasteiger partial charge in [-0.05, 0) is 28.8 Å². The minimum absolute atomic E-state index is 0.0395. The van der Waals surface area contributed by atoms with Gasteiger partial charge < -0.3 is 24.5 Å². The average molecular weight is 463 g/mol. The summed E-state index contributed by atoms with van der Waals surface area (Å²) in [6.45, 7) is 2.91. The Balaban J connectivity index is 1.22. The van der Waals surface area contributed by atoms with Crippen LogP contribution in [0, 0.1) is 16.7 Å². The maximum absolute atomic E-state index is 12.7. The largest absolute Gasteiger partial charge is 0.419 e.